The van der Waals surface area contributed by atoms with Gasteiger partial charge in [0.15, 0.2) is 5.78 Å². The molecule has 0 aliphatic heterocycles. The van der Waals surface area contributed by atoms with E-state index in [1.807, 2.05) is 6.92 Å². The fourth-order valence-corrected chi connectivity index (χ4v) is 2.33. The first-order chi connectivity index (χ1) is 8.42. The summed E-state index contributed by atoms with van der Waals surface area (Å²) in [6, 6.07) is 5.01. The van der Waals surface area contributed by atoms with Gasteiger partial charge in [-0.25, -0.2) is 0 Å². The molecule has 2 unspecified atom stereocenters. The lowest BCUT2D eigenvalue weighted by Gasteiger charge is -2.09. The molecule has 0 saturated heterocycles. The van der Waals surface area contributed by atoms with E-state index >= 15 is 0 Å². The van der Waals surface area contributed by atoms with Crippen molar-refractivity contribution in [2.24, 2.45) is 17.1 Å². The van der Waals surface area contributed by atoms with Crippen LogP contribution in [0.15, 0.2) is 18.2 Å². The van der Waals surface area contributed by atoms with Gasteiger partial charge in [0.25, 0.3) is 0 Å². The molecule has 3 N–H and O–H groups in total. The molecule has 5 heteroatoms. The SMILES string of the molecule is Cc1ccc(C(=O)C2CC2(CN)C(=O)O)cc1Cl. The highest BCUT2D eigenvalue weighted by Crippen LogP contribution is 2.53. The van der Waals surface area contributed by atoms with Gasteiger partial charge in [-0.3, -0.25) is 9.59 Å². The summed E-state index contributed by atoms with van der Waals surface area (Å²) in [4.78, 5) is 23.3. The molecule has 18 heavy (non-hydrogen) atoms. The Hall–Kier alpha value is -1.39. The van der Waals surface area contributed by atoms with Crippen molar-refractivity contribution in [1.29, 1.82) is 0 Å². The largest absolute Gasteiger partial charge is 0.481 e. The van der Waals surface area contributed by atoms with Crippen molar-refractivity contribution in [3.8, 4) is 0 Å². The number of nitrogens with two attached hydrogens (primary N) is 1. The minimum absolute atomic E-state index is 0.0155. The Kier molecular flexibility index (Phi) is 3.17. The van der Waals surface area contributed by atoms with Crippen molar-refractivity contribution in [2.45, 2.75) is 13.3 Å². The number of benzene rings is 1. The van der Waals surface area contributed by atoms with E-state index in [-0.39, 0.29) is 12.3 Å². The third-order valence-corrected chi connectivity index (χ3v) is 4.05. The molecule has 4 nitrogen and oxygen atoms in total. The zero-order valence-electron chi connectivity index (χ0n) is 9.94. The molecule has 1 aromatic carbocycles. The van der Waals surface area contributed by atoms with Crippen LogP contribution in [0.5, 0.6) is 0 Å². The number of Topliss-reactive ketones (excluding diaryl/α,β-unsaturated/α-hetero) is 1. The number of carboxylic acid groups (broad SMARTS) is 1. The van der Waals surface area contributed by atoms with Gasteiger partial charge in [-0.05, 0) is 25.0 Å². The summed E-state index contributed by atoms with van der Waals surface area (Å²) in [5.74, 6) is -1.72. The third kappa shape index (κ3) is 1.91. The standard InChI is InChI=1S/C13H14ClNO3/c1-7-2-3-8(4-10(7)14)11(16)9-5-13(9,6-15)12(17)18/h2-4,9H,5-6,15H2,1H3,(H,17,18). The van der Waals surface area contributed by atoms with Crippen LogP contribution in [-0.4, -0.2) is 23.4 Å². The highest BCUT2D eigenvalue weighted by molar-refractivity contribution is 6.31. The second-order valence-electron chi connectivity index (χ2n) is 4.75. The smallest absolute Gasteiger partial charge is 0.311 e. The summed E-state index contributed by atoms with van der Waals surface area (Å²) in [5.41, 5.74) is 5.73. The molecule has 0 aromatic heterocycles. The minimum atomic E-state index is -1.07. The molecule has 1 aromatic rings. The zero-order chi connectivity index (χ0) is 13.5. The van der Waals surface area contributed by atoms with Gasteiger partial charge in [-0.15, -0.1) is 0 Å². The molecule has 1 fully saturated rings. The van der Waals surface area contributed by atoms with Crippen LogP contribution >= 0.6 is 11.6 Å². The molecular weight excluding hydrogens is 254 g/mol. The van der Waals surface area contributed by atoms with Gasteiger partial charge in [-0.2, -0.15) is 0 Å². The number of carboxylic acids is 1. The number of ketones is 1. The van der Waals surface area contributed by atoms with Gasteiger partial charge in [0.1, 0.15) is 0 Å². The maximum Gasteiger partial charge on any atom is 0.311 e. The van der Waals surface area contributed by atoms with Crippen LogP contribution in [0.2, 0.25) is 5.02 Å². The number of aliphatic carboxylic acids is 1. The zero-order valence-corrected chi connectivity index (χ0v) is 10.7. The molecule has 2 rings (SSSR count). The van der Waals surface area contributed by atoms with Crippen LogP contribution < -0.4 is 5.73 Å². The van der Waals surface area contributed by atoms with Crippen molar-refractivity contribution < 1.29 is 14.7 Å². The van der Waals surface area contributed by atoms with E-state index in [1.54, 1.807) is 18.2 Å². The van der Waals surface area contributed by atoms with Gasteiger partial charge in [0.2, 0.25) is 0 Å². The molecular formula is C13H14ClNO3. The Morgan fingerprint density at radius 3 is 2.67 bits per heavy atom. The molecule has 0 amide bonds. The Balaban J connectivity index is 2.24. The first kappa shape index (κ1) is 13.1. The fraction of sp³-hybridized carbons (Fsp3) is 0.385. The Morgan fingerprint density at radius 1 is 1.56 bits per heavy atom. The van der Waals surface area contributed by atoms with Crippen LogP contribution in [0, 0.1) is 18.3 Å². The van der Waals surface area contributed by atoms with Crippen molar-refractivity contribution in [2.75, 3.05) is 6.54 Å². The highest BCUT2D eigenvalue weighted by Gasteiger charge is 2.62. The molecule has 2 atom stereocenters. The van der Waals surface area contributed by atoms with Crippen LogP contribution in [0.25, 0.3) is 0 Å². The van der Waals surface area contributed by atoms with Gasteiger partial charge >= 0.3 is 5.97 Å². The number of carbonyl (C=O) groups is 2. The predicted molar refractivity (Wildman–Crippen MR) is 67.7 cm³/mol. The van der Waals surface area contributed by atoms with Gasteiger partial charge in [-0.1, -0.05) is 23.7 Å². The first-order valence-electron chi connectivity index (χ1n) is 5.66. The number of halogens is 1. The summed E-state index contributed by atoms with van der Waals surface area (Å²) in [7, 11) is 0. The lowest BCUT2D eigenvalue weighted by molar-refractivity contribution is -0.143. The maximum absolute atomic E-state index is 12.2. The molecule has 1 aliphatic rings. The second-order valence-corrected chi connectivity index (χ2v) is 5.16. The molecule has 96 valence electrons. The first-order valence-corrected chi connectivity index (χ1v) is 6.04. The Bertz CT molecular complexity index is 529. The second kappa shape index (κ2) is 4.37. The summed E-state index contributed by atoms with van der Waals surface area (Å²) < 4.78 is 0. The predicted octanol–water partition coefficient (Wildman–Crippen LogP) is 1.88. The van der Waals surface area contributed by atoms with E-state index in [9.17, 15) is 9.59 Å². The van der Waals surface area contributed by atoms with Crippen LogP contribution in [0.4, 0.5) is 0 Å². The van der Waals surface area contributed by atoms with Crippen molar-refractivity contribution in [3.05, 3.63) is 34.3 Å². The van der Waals surface area contributed by atoms with E-state index in [0.29, 0.717) is 17.0 Å². The highest BCUT2D eigenvalue weighted by atomic mass is 35.5. The summed E-state index contributed by atoms with van der Waals surface area (Å²) in [6.07, 6.45) is 0.309. The normalized spacial score (nSPS) is 25.8. The van der Waals surface area contributed by atoms with Crippen LogP contribution in [-0.2, 0) is 4.79 Å². The van der Waals surface area contributed by atoms with Crippen molar-refractivity contribution >= 4 is 23.4 Å². The maximum atomic E-state index is 12.2. The molecule has 0 spiro atoms. The molecule has 1 aliphatic carbocycles. The fourth-order valence-electron chi connectivity index (χ4n) is 2.15. The average Bonchev–Trinajstić information content (AvgIpc) is 3.08. The summed E-state index contributed by atoms with van der Waals surface area (Å²) >= 11 is 5.96. The lowest BCUT2D eigenvalue weighted by atomic mass is 9.98. The van der Waals surface area contributed by atoms with Gasteiger partial charge in [0, 0.05) is 23.0 Å². The average molecular weight is 268 g/mol. The summed E-state index contributed by atoms with van der Waals surface area (Å²) in [6.45, 7) is 1.83. The van der Waals surface area contributed by atoms with Crippen LogP contribution in [0.3, 0.4) is 0 Å². The van der Waals surface area contributed by atoms with Gasteiger partial charge in [0.05, 0.1) is 5.41 Å². The Labute approximate surface area is 110 Å². The molecule has 0 heterocycles. The quantitative estimate of drug-likeness (QED) is 0.816. The molecule has 0 radical (unpaired) electrons. The van der Waals surface area contributed by atoms with Crippen molar-refractivity contribution in [3.63, 3.8) is 0 Å². The number of aryl methyl sites for hydroxylation is 1. The number of carbonyl (C=O) groups excluding carboxylic acids is 1. The third-order valence-electron chi connectivity index (χ3n) is 3.64. The van der Waals surface area contributed by atoms with E-state index in [4.69, 9.17) is 22.4 Å². The van der Waals surface area contributed by atoms with E-state index < -0.39 is 17.3 Å². The number of rotatable bonds is 4. The number of hydrogen-bond donors (Lipinski definition) is 2. The topological polar surface area (TPSA) is 80.4 Å². The monoisotopic (exact) mass is 267 g/mol. The molecule has 0 bridgehead atoms. The van der Waals surface area contributed by atoms with Crippen LogP contribution in [0.1, 0.15) is 22.3 Å². The number of hydrogen-bond acceptors (Lipinski definition) is 3. The van der Waals surface area contributed by atoms with E-state index in [0.717, 1.165) is 5.56 Å². The molecule has 1 saturated carbocycles. The van der Waals surface area contributed by atoms with Gasteiger partial charge < -0.3 is 10.8 Å². The Morgan fingerprint density at radius 2 is 2.22 bits per heavy atom. The summed E-state index contributed by atoms with van der Waals surface area (Å²) in [5, 5.41) is 9.62. The minimum Gasteiger partial charge on any atom is -0.481 e. The van der Waals surface area contributed by atoms with Crippen molar-refractivity contribution in [1.82, 2.24) is 0 Å². The van der Waals surface area contributed by atoms with E-state index in [2.05, 4.69) is 0 Å². The lowest BCUT2D eigenvalue weighted by Crippen LogP contribution is -2.29. The van der Waals surface area contributed by atoms with E-state index in [1.165, 1.54) is 0 Å².